The zero-order valence-electron chi connectivity index (χ0n) is 15.1. The number of nitrogens with zero attached hydrogens (tertiary/aromatic N) is 1. The van der Waals surface area contributed by atoms with Gasteiger partial charge in [0.05, 0.1) is 11.7 Å². The molecule has 2 rings (SSSR count). The SMILES string of the molecule is C=C(O)C1CCC(NC(C)C)C1.CC(C)CN1CC(C(=O)O)C1. The van der Waals surface area contributed by atoms with E-state index in [4.69, 9.17) is 5.11 Å². The van der Waals surface area contributed by atoms with Crippen LogP contribution < -0.4 is 5.32 Å². The molecule has 0 aromatic carbocycles. The molecule has 23 heavy (non-hydrogen) atoms. The van der Waals surface area contributed by atoms with Gasteiger partial charge in [-0.25, -0.2) is 0 Å². The van der Waals surface area contributed by atoms with Crippen LogP contribution in [0.3, 0.4) is 0 Å². The number of hydrogen-bond acceptors (Lipinski definition) is 4. The van der Waals surface area contributed by atoms with Gasteiger partial charge in [-0.3, -0.25) is 4.79 Å². The molecule has 1 saturated heterocycles. The summed E-state index contributed by atoms with van der Waals surface area (Å²) in [5, 5.41) is 21.2. The fourth-order valence-corrected chi connectivity index (χ4v) is 3.30. The number of aliphatic hydroxyl groups is 1. The largest absolute Gasteiger partial charge is 0.513 e. The number of carbonyl (C=O) groups is 1. The van der Waals surface area contributed by atoms with E-state index in [2.05, 4.69) is 44.5 Å². The zero-order chi connectivity index (χ0) is 17.6. The molecule has 5 heteroatoms. The summed E-state index contributed by atoms with van der Waals surface area (Å²) in [5.41, 5.74) is 0. The lowest BCUT2D eigenvalue weighted by atomic mass is 9.99. The van der Waals surface area contributed by atoms with Crippen molar-refractivity contribution in [3.05, 3.63) is 12.3 Å². The van der Waals surface area contributed by atoms with Crippen molar-refractivity contribution in [3.8, 4) is 0 Å². The van der Waals surface area contributed by atoms with E-state index in [0.29, 0.717) is 29.7 Å². The summed E-state index contributed by atoms with van der Waals surface area (Å²) in [7, 11) is 0. The van der Waals surface area contributed by atoms with E-state index in [1.165, 1.54) is 6.42 Å². The molecule has 2 fully saturated rings. The smallest absolute Gasteiger partial charge is 0.309 e. The lowest BCUT2D eigenvalue weighted by molar-refractivity contribution is -0.147. The molecule has 1 saturated carbocycles. The van der Waals surface area contributed by atoms with Crippen LogP contribution in [0.15, 0.2) is 12.3 Å². The highest BCUT2D eigenvalue weighted by atomic mass is 16.4. The molecule has 5 nitrogen and oxygen atoms in total. The highest BCUT2D eigenvalue weighted by Crippen LogP contribution is 2.29. The van der Waals surface area contributed by atoms with E-state index >= 15 is 0 Å². The fourth-order valence-electron chi connectivity index (χ4n) is 3.30. The van der Waals surface area contributed by atoms with Gasteiger partial charge in [0, 0.05) is 37.6 Å². The Bertz CT molecular complexity index is 390. The molecule has 0 aromatic rings. The van der Waals surface area contributed by atoms with Crippen LogP contribution in [0.4, 0.5) is 0 Å². The average Bonchev–Trinajstić information content (AvgIpc) is 2.81. The zero-order valence-corrected chi connectivity index (χ0v) is 15.1. The maximum Gasteiger partial charge on any atom is 0.309 e. The van der Waals surface area contributed by atoms with Crippen LogP contribution in [-0.4, -0.2) is 52.8 Å². The van der Waals surface area contributed by atoms with Gasteiger partial charge in [0.1, 0.15) is 0 Å². The molecule has 134 valence electrons. The Morgan fingerprint density at radius 3 is 2.17 bits per heavy atom. The van der Waals surface area contributed by atoms with E-state index in [-0.39, 0.29) is 5.92 Å². The summed E-state index contributed by atoms with van der Waals surface area (Å²) in [5.74, 6) is 0.591. The molecular formula is C18H34N2O3. The van der Waals surface area contributed by atoms with Crippen molar-refractivity contribution in [2.24, 2.45) is 17.8 Å². The quantitative estimate of drug-likeness (QED) is 0.655. The third-order valence-electron chi connectivity index (χ3n) is 4.40. The lowest BCUT2D eigenvalue weighted by Crippen LogP contribution is -2.51. The number of nitrogens with one attached hydrogen (secondary N) is 1. The summed E-state index contributed by atoms with van der Waals surface area (Å²) in [6.07, 6.45) is 3.30. The Balaban J connectivity index is 0.000000231. The number of aliphatic carboxylic acids is 1. The van der Waals surface area contributed by atoms with E-state index in [1.54, 1.807) is 0 Å². The molecule has 1 heterocycles. The second-order valence-electron chi connectivity index (χ2n) is 7.67. The van der Waals surface area contributed by atoms with Crippen molar-refractivity contribution < 1.29 is 15.0 Å². The Labute approximate surface area is 140 Å². The molecule has 2 atom stereocenters. The minimum absolute atomic E-state index is 0.103. The van der Waals surface area contributed by atoms with Crippen molar-refractivity contribution >= 4 is 5.97 Å². The van der Waals surface area contributed by atoms with Crippen LogP contribution in [0.25, 0.3) is 0 Å². The summed E-state index contributed by atoms with van der Waals surface area (Å²) in [4.78, 5) is 12.6. The van der Waals surface area contributed by atoms with Crippen LogP contribution in [0.1, 0.15) is 47.0 Å². The van der Waals surface area contributed by atoms with Crippen molar-refractivity contribution in [2.45, 2.75) is 59.0 Å². The molecule has 0 spiro atoms. The fraction of sp³-hybridized carbons (Fsp3) is 0.833. The predicted octanol–water partition coefficient (Wildman–Crippen LogP) is 2.88. The first-order chi connectivity index (χ1) is 10.7. The van der Waals surface area contributed by atoms with Crippen LogP contribution in [0, 0.1) is 17.8 Å². The molecule has 0 aromatic heterocycles. The van der Waals surface area contributed by atoms with E-state index < -0.39 is 5.97 Å². The van der Waals surface area contributed by atoms with Gasteiger partial charge in [-0.15, -0.1) is 0 Å². The van der Waals surface area contributed by atoms with E-state index in [9.17, 15) is 9.90 Å². The molecule has 0 bridgehead atoms. The number of hydrogen-bond donors (Lipinski definition) is 3. The van der Waals surface area contributed by atoms with Gasteiger partial charge in [-0.1, -0.05) is 34.3 Å². The summed E-state index contributed by atoms with van der Waals surface area (Å²) in [6, 6.07) is 1.12. The lowest BCUT2D eigenvalue weighted by Gasteiger charge is -2.37. The van der Waals surface area contributed by atoms with Gasteiger partial charge >= 0.3 is 5.97 Å². The van der Waals surface area contributed by atoms with Gasteiger partial charge in [0.15, 0.2) is 0 Å². The molecule has 1 aliphatic carbocycles. The molecule has 2 unspecified atom stereocenters. The Kier molecular flexibility index (Phi) is 8.06. The van der Waals surface area contributed by atoms with Crippen LogP contribution in [-0.2, 0) is 4.79 Å². The molecule has 0 radical (unpaired) electrons. The molecule has 2 aliphatic rings. The monoisotopic (exact) mass is 326 g/mol. The van der Waals surface area contributed by atoms with Crippen molar-refractivity contribution in [1.82, 2.24) is 10.2 Å². The minimum atomic E-state index is -0.648. The van der Waals surface area contributed by atoms with Crippen LogP contribution >= 0.6 is 0 Å². The second-order valence-corrected chi connectivity index (χ2v) is 7.67. The maximum absolute atomic E-state index is 10.4. The van der Waals surface area contributed by atoms with Crippen molar-refractivity contribution in [3.63, 3.8) is 0 Å². The third kappa shape index (κ3) is 7.36. The predicted molar refractivity (Wildman–Crippen MR) is 93.6 cm³/mol. The number of likely N-dealkylation sites (tertiary alicyclic amines) is 1. The summed E-state index contributed by atoms with van der Waals surface area (Å²) >= 11 is 0. The van der Waals surface area contributed by atoms with Gasteiger partial charge in [0.2, 0.25) is 0 Å². The van der Waals surface area contributed by atoms with Crippen LogP contribution in [0.5, 0.6) is 0 Å². The molecule has 3 N–H and O–H groups in total. The van der Waals surface area contributed by atoms with E-state index in [0.717, 1.165) is 32.5 Å². The molecular weight excluding hydrogens is 292 g/mol. The third-order valence-corrected chi connectivity index (χ3v) is 4.40. The Hall–Kier alpha value is -1.07. The number of carboxylic acid groups (broad SMARTS) is 1. The van der Waals surface area contributed by atoms with Crippen molar-refractivity contribution in [2.75, 3.05) is 19.6 Å². The number of rotatable bonds is 6. The first-order valence-electron chi connectivity index (χ1n) is 8.78. The van der Waals surface area contributed by atoms with Gasteiger partial charge in [0.25, 0.3) is 0 Å². The average molecular weight is 326 g/mol. The number of aliphatic hydroxyl groups excluding tert-OH is 1. The Morgan fingerprint density at radius 2 is 1.78 bits per heavy atom. The van der Waals surface area contributed by atoms with Gasteiger partial charge in [-0.2, -0.15) is 0 Å². The van der Waals surface area contributed by atoms with Gasteiger partial charge in [-0.05, 0) is 25.2 Å². The standard InChI is InChI=1S/C10H19NO.C8H15NO2/c1-7(2)11-10-5-4-9(6-10)8(3)12;1-6(2)3-9-4-7(5-9)8(10)11/h7,9-12H,3-6H2,1-2H3;6-7H,3-5H2,1-2H3,(H,10,11). The van der Waals surface area contributed by atoms with Crippen LogP contribution in [0.2, 0.25) is 0 Å². The summed E-state index contributed by atoms with van der Waals surface area (Å²) in [6.45, 7) is 14.7. The first kappa shape index (κ1) is 20.0. The van der Waals surface area contributed by atoms with Crippen molar-refractivity contribution in [1.29, 1.82) is 0 Å². The highest BCUT2D eigenvalue weighted by molar-refractivity contribution is 5.71. The number of carboxylic acids is 1. The van der Waals surface area contributed by atoms with Gasteiger partial charge < -0.3 is 20.4 Å². The summed E-state index contributed by atoms with van der Waals surface area (Å²) < 4.78 is 0. The second kappa shape index (κ2) is 9.28. The normalized spacial score (nSPS) is 25.1. The molecule has 0 amide bonds. The highest BCUT2D eigenvalue weighted by Gasteiger charge is 2.32. The topological polar surface area (TPSA) is 72.8 Å². The minimum Gasteiger partial charge on any atom is -0.513 e. The Morgan fingerprint density at radius 1 is 1.17 bits per heavy atom. The first-order valence-corrected chi connectivity index (χ1v) is 8.78. The molecule has 1 aliphatic heterocycles. The maximum atomic E-state index is 10.4. The number of allylic oxidation sites excluding steroid dienone is 1. The van der Waals surface area contributed by atoms with E-state index in [1.807, 2.05) is 0 Å².